The number of ether oxygens (including phenoxy) is 3. The Morgan fingerprint density at radius 3 is 2.67 bits per heavy atom. The summed E-state index contributed by atoms with van der Waals surface area (Å²) in [6, 6.07) is 1.85. The smallest absolute Gasteiger partial charge is 0.256 e. The molecule has 0 fully saturated rings. The second kappa shape index (κ2) is 10.3. The summed E-state index contributed by atoms with van der Waals surface area (Å²) in [5.41, 5.74) is 0.668. The van der Waals surface area contributed by atoms with Gasteiger partial charge in [-0.1, -0.05) is 19.8 Å². The van der Waals surface area contributed by atoms with Gasteiger partial charge < -0.3 is 19.5 Å². The number of methoxy groups -OCH3 is 1. The number of aryl methyl sites for hydroxylation is 1. The van der Waals surface area contributed by atoms with Crippen LogP contribution in [0.2, 0.25) is 0 Å². The SMILES string of the molecule is CCCC[C@@](C)(OCC)C(=O)Nc1cnc(OCCOC)c(C)c1. The monoisotopic (exact) mass is 338 g/mol. The van der Waals surface area contributed by atoms with Gasteiger partial charge in [-0.2, -0.15) is 0 Å². The number of carbonyl (C=O) groups is 1. The molecule has 1 N–H and O–H groups in total. The minimum Gasteiger partial charge on any atom is -0.475 e. The maximum atomic E-state index is 12.6. The Bertz CT molecular complexity index is 522. The van der Waals surface area contributed by atoms with E-state index in [-0.39, 0.29) is 5.91 Å². The van der Waals surface area contributed by atoms with Crippen molar-refractivity contribution in [3.8, 4) is 5.88 Å². The van der Waals surface area contributed by atoms with Gasteiger partial charge in [0.25, 0.3) is 5.91 Å². The zero-order valence-corrected chi connectivity index (χ0v) is 15.5. The third-order valence-corrected chi connectivity index (χ3v) is 3.76. The second-order valence-electron chi connectivity index (χ2n) is 5.91. The number of carbonyl (C=O) groups excluding carboxylic acids is 1. The number of unbranched alkanes of at least 4 members (excludes halogenated alkanes) is 1. The van der Waals surface area contributed by atoms with Crippen LogP contribution in [-0.4, -0.2) is 43.4 Å². The maximum Gasteiger partial charge on any atom is 0.256 e. The minimum atomic E-state index is -0.827. The van der Waals surface area contributed by atoms with E-state index in [2.05, 4.69) is 17.2 Å². The predicted octanol–water partition coefficient (Wildman–Crippen LogP) is 3.34. The number of amides is 1. The lowest BCUT2D eigenvalue weighted by Crippen LogP contribution is -2.42. The first kappa shape index (κ1) is 20.4. The summed E-state index contributed by atoms with van der Waals surface area (Å²) in [7, 11) is 1.62. The number of aromatic nitrogens is 1. The predicted molar refractivity (Wildman–Crippen MR) is 94.5 cm³/mol. The summed E-state index contributed by atoms with van der Waals surface area (Å²) >= 11 is 0. The number of anilines is 1. The molecular formula is C18H30N2O4. The summed E-state index contributed by atoms with van der Waals surface area (Å²) in [5.74, 6) is 0.399. The van der Waals surface area contributed by atoms with Crippen LogP contribution in [0.15, 0.2) is 12.3 Å². The Kier molecular flexibility index (Phi) is 8.71. The first-order valence-electron chi connectivity index (χ1n) is 8.50. The topological polar surface area (TPSA) is 69.7 Å². The summed E-state index contributed by atoms with van der Waals surface area (Å²) in [6.07, 6.45) is 4.24. The van der Waals surface area contributed by atoms with Crippen LogP contribution in [0.3, 0.4) is 0 Å². The van der Waals surface area contributed by atoms with Crippen molar-refractivity contribution in [3.63, 3.8) is 0 Å². The Hall–Kier alpha value is -1.66. The van der Waals surface area contributed by atoms with Gasteiger partial charge in [-0.3, -0.25) is 4.79 Å². The molecule has 0 aromatic carbocycles. The molecule has 0 unspecified atom stereocenters. The zero-order valence-electron chi connectivity index (χ0n) is 15.5. The molecule has 1 atom stereocenters. The van der Waals surface area contributed by atoms with E-state index < -0.39 is 5.60 Å². The fourth-order valence-corrected chi connectivity index (χ4v) is 2.35. The summed E-state index contributed by atoms with van der Waals surface area (Å²) < 4.78 is 16.2. The first-order valence-corrected chi connectivity index (χ1v) is 8.50. The molecule has 136 valence electrons. The molecule has 1 rings (SSSR count). The molecule has 0 aliphatic rings. The quantitative estimate of drug-likeness (QED) is 0.627. The van der Waals surface area contributed by atoms with E-state index in [1.807, 2.05) is 26.8 Å². The van der Waals surface area contributed by atoms with Gasteiger partial charge in [0.2, 0.25) is 5.88 Å². The lowest BCUT2D eigenvalue weighted by Gasteiger charge is -2.28. The lowest BCUT2D eigenvalue weighted by atomic mass is 9.97. The molecule has 0 saturated carbocycles. The molecule has 24 heavy (non-hydrogen) atoms. The first-order chi connectivity index (χ1) is 11.5. The van der Waals surface area contributed by atoms with E-state index in [1.165, 1.54) is 0 Å². The van der Waals surface area contributed by atoms with Crippen LogP contribution in [0.25, 0.3) is 0 Å². The molecule has 6 nitrogen and oxygen atoms in total. The molecule has 1 amide bonds. The molecule has 0 spiro atoms. The van der Waals surface area contributed by atoms with Crippen LogP contribution in [0, 0.1) is 6.92 Å². The van der Waals surface area contributed by atoms with Gasteiger partial charge in [0.15, 0.2) is 0 Å². The van der Waals surface area contributed by atoms with Crippen molar-refractivity contribution in [1.29, 1.82) is 0 Å². The highest BCUT2D eigenvalue weighted by molar-refractivity contribution is 5.97. The molecule has 1 heterocycles. The standard InChI is InChI=1S/C18H30N2O4/c1-6-8-9-18(4,24-7-2)17(21)20-15-12-14(3)16(19-13-15)23-11-10-22-5/h12-13H,6-11H2,1-5H3,(H,20,21)/t18-/m1/s1. The van der Waals surface area contributed by atoms with Gasteiger partial charge in [-0.25, -0.2) is 4.98 Å². The van der Waals surface area contributed by atoms with Gasteiger partial charge in [0.05, 0.1) is 18.5 Å². The Morgan fingerprint density at radius 1 is 1.33 bits per heavy atom. The molecule has 0 radical (unpaired) electrons. The fourth-order valence-electron chi connectivity index (χ4n) is 2.35. The number of nitrogens with zero attached hydrogens (tertiary/aromatic N) is 1. The lowest BCUT2D eigenvalue weighted by molar-refractivity contribution is -0.139. The number of hydrogen-bond acceptors (Lipinski definition) is 5. The van der Waals surface area contributed by atoms with Crippen molar-refractivity contribution in [2.24, 2.45) is 0 Å². The van der Waals surface area contributed by atoms with E-state index >= 15 is 0 Å². The van der Waals surface area contributed by atoms with Crippen molar-refractivity contribution in [2.45, 2.75) is 52.6 Å². The Balaban J connectivity index is 2.76. The Labute approximate surface area is 144 Å². The van der Waals surface area contributed by atoms with Gasteiger partial charge in [-0.05, 0) is 33.3 Å². The zero-order chi connectivity index (χ0) is 18.0. The highest BCUT2D eigenvalue weighted by atomic mass is 16.5. The average molecular weight is 338 g/mol. The molecule has 6 heteroatoms. The fraction of sp³-hybridized carbons (Fsp3) is 0.667. The highest BCUT2D eigenvalue weighted by Gasteiger charge is 2.33. The van der Waals surface area contributed by atoms with Gasteiger partial charge >= 0.3 is 0 Å². The van der Waals surface area contributed by atoms with E-state index in [0.717, 1.165) is 18.4 Å². The number of hydrogen-bond donors (Lipinski definition) is 1. The number of pyridine rings is 1. The number of rotatable bonds is 11. The summed E-state index contributed by atoms with van der Waals surface area (Å²) in [4.78, 5) is 16.9. The van der Waals surface area contributed by atoms with Crippen LogP contribution in [0.5, 0.6) is 5.88 Å². The van der Waals surface area contributed by atoms with Gasteiger partial charge in [-0.15, -0.1) is 0 Å². The third-order valence-electron chi connectivity index (χ3n) is 3.76. The van der Waals surface area contributed by atoms with Crippen LogP contribution in [-0.2, 0) is 14.3 Å². The maximum absolute atomic E-state index is 12.6. The summed E-state index contributed by atoms with van der Waals surface area (Å²) in [6.45, 7) is 9.17. The largest absolute Gasteiger partial charge is 0.475 e. The third kappa shape index (κ3) is 6.09. The van der Waals surface area contributed by atoms with Gasteiger partial charge in [0.1, 0.15) is 12.2 Å². The van der Waals surface area contributed by atoms with E-state index in [9.17, 15) is 4.79 Å². The van der Waals surface area contributed by atoms with Crippen molar-refractivity contribution in [2.75, 3.05) is 32.2 Å². The average Bonchev–Trinajstić information content (AvgIpc) is 2.55. The molecule has 0 aliphatic carbocycles. The van der Waals surface area contributed by atoms with E-state index in [0.29, 0.717) is 37.8 Å². The van der Waals surface area contributed by atoms with Crippen LogP contribution in [0.1, 0.15) is 45.6 Å². The molecular weight excluding hydrogens is 308 g/mol. The Morgan fingerprint density at radius 2 is 2.08 bits per heavy atom. The number of nitrogens with one attached hydrogen (secondary N) is 1. The van der Waals surface area contributed by atoms with Crippen LogP contribution < -0.4 is 10.1 Å². The summed E-state index contributed by atoms with van der Waals surface area (Å²) in [5, 5.41) is 2.90. The minimum absolute atomic E-state index is 0.146. The normalized spacial score (nSPS) is 13.4. The van der Waals surface area contributed by atoms with Gasteiger partial charge in [0, 0.05) is 19.3 Å². The van der Waals surface area contributed by atoms with Crippen LogP contribution >= 0.6 is 0 Å². The molecule has 0 bridgehead atoms. The van der Waals surface area contributed by atoms with Crippen molar-refractivity contribution >= 4 is 11.6 Å². The molecule has 1 aromatic heterocycles. The van der Waals surface area contributed by atoms with Crippen LogP contribution in [0.4, 0.5) is 5.69 Å². The molecule has 1 aromatic rings. The molecule has 0 saturated heterocycles. The van der Waals surface area contributed by atoms with E-state index in [1.54, 1.807) is 13.3 Å². The van der Waals surface area contributed by atoms with Crippen molar-refractivity contribution in [1.82, 2.24) is 4.98 Å². The van der Waals surface area contributed by atoms with Crippen molar-refractivity contribution in [3.05, 3.63) is 17.8 Å². The van der Waals surface area contributed by atoms with Crippen molar-refractivity contribution < 1.29 is 19.0 Å². The van der Waals surface area contributed by atoms with E-state index in [4.69, 9.17) is 14.2 Å². The molecule has 0 aliphatic heterocycles. The highest BCUT2D eigenvalue weighted by Crippen LogP contribution is 2.23. The second-order valence-corrected chi connectivity index (χ2v) is 5.91.